The molecule has 1 heterocycles. The van der Waals surface area contributed by atoms with Crippen LogP contribution in [0.25, 0.3) is 16.5 Å². The van der Waals surface area contributed by atoms with Crippen LogP contribution in [0, 0.1) is 28.5 Å². The fourth-order valence-electron chi connectivity index (χ4n) is 5.43. The standard InChI is InChI=1S/C24H28FNO2/c1-5-28-22(27)15(2)16-11-23(3)13-17(14-24(23,4)12-16)19-8-9-26-21-7-6-18(25)10-20(19)21/h6-10,13,15-16H,5,11-12,14H2,1-4H3/t15?,16?,23-,24+/m1/s1. The van der Waals surface area contributed by atoms with Crippen LogP contribution < -0.4 is 0 Å². The number of hydrogen-bond acceptors (Lipinski definition) is 3. The summed E-state index contributed by atoms with van der Waals surface area (Å²) in [6, 6.07) is 6.79. The van der Waals surface area contributed by atoms with Crippen LogP contribution in [0.2, 0.25) is 0 Å². The van der Waals surface area contributed by atoms with E-state index >= 15 is 0 Å². The van der Waals surface area contributed by atoms with Crippen molar-refractivity contribution >= 4 is 22.4 Å². The Kier molecular flexibility index (Phi) is 4.56. The van der Waals surface area contributed by atoms with Crippen molar-refractivity contribution in [1.29, 1.82) is 0 Å². The Balaban J connectivity index is 1.67. The number of hydrogen-bond donors (Lipinski definition) is 0. The number of benzene rings is 1. The van der Waals surface area contributed by atoms with Crippen molar-refractivity contribution in [2.75, 3.05) is 6.61 Å². The molecule has 2 aliphatic carbocycles. The van der Waals surface area contributed by atoms with E-state index in [1.807, 2.05) is 19.9 Å². The third-order valence-corrected chi connectivity index (χ3v) is 7.27. The summed E-state index contributed by atoms with van der Waals surface area (Å²) in [6.45, 7) is 8.92. The Labute approximate surface area is 166 Å². The lowest BCUT2D eigenvalue weighted by atomic mass is 9.70. The molecular formula is C24H28FNO2. The van der Waals surface area contributed by atoms with Gasteiger partial charge in [-0.05, 0) is 78.3 Å². The second-order valence-electron chi connectivity index (χ2n) is 9.05. The van der Waals surface area contributed by atoms with Gasteiger partial charge < -0.3 is 4.74 Å². The normalized spacial score (nSPS) is 30.2. The molecule has 0 amide bonds. The van der Waals surface area contributed by atoms with E-state index < -0.39 is 0 Å². The van der Waals surface area contributed by atoms with Crippen LogP contribution in [-0.2, 0) is 9.53 Å². The van der Waals surface area contributed by atoms with Crippen LogP contribution in [-0.4, -0.2) is 17.6 Å². The molecule has 28 heavy (non-hydrogen) atoms. The van der Waals surface area contributed by atoms with Crippen molar-refractivity contribution in [1.82, 2.24) is 4.98 Å². The topological polar surface area (TPSA) is 39.2 Å². The Morgan fingerprint density at radius 1 is 1.32 bits per heavy atom. The zero-order valence-corrected chi connectivity index (χ0v) is 17.1. The first-order valence-corrected chi connectivity index (χ1v) is 10.2. The van der Waals surface area contributed by atoms with Gasteiger partial charge in [-0.3, -0.25) is 9.78 Å². The lowest BCUT2D eigenvalue weighted by molar-refractivity contribution is -0.149. The first-order valence-electron chi connectivity index (χ1n) is 10.2. The minimum atomic E-state index is -0.235. The summed E-state index contributed by atoms with van der Waals surface area (Å²) in [5, 5.41) is 0.873. The zero-order valence-electron chi connectivity index (χ0n) is 17.1. The van der Waals surface area contributed by atoms with Gasteiger partial charge in [-0.1, -0.05) is 26.8 Å². The number of halogens is 1. The summed E-state index contributed by atoms with van der Waals surface area (Å²) in [6.07, 6.45) is 7.10. The first kappa shape index (κ1) is 19.1. The smallest absolute Gasteiger partial charge is 0.308 e. The molecule has 0 aliphatic heterocycles. The molecule has 1 saturated carbocycles. The minimum absolute atomic E-state index is 0.0245. The highest BCUT2D eigenvalue weighted by Crippen LogP contribution is 2.65. The molecule has 0 N–H and O–H groups in total. The van der Waals surface area contributed by atoms with Crippen molar-refractivity contribution in [3.8, 4) is 0 Å². The van der Waals surface area contributed by atoms with Crippen molar-refractivity contribution in [3.05, 3.63) is 47.9 Å². The molecule has 1 aromatic carbocycles. The predicted octanol–water partition coefficient (Wildman–Crippen LogP) is 5.78. The van der Waals surface area contributed by atoms with Gasteiger partial charge in [0, 0.05) is 11.6 Å². The molecule has 4 heteroatoms. The van der Waals surface area contributed by atoms with Crippen molar-refractivity contribution in [2.45, 2.75) is 47.0 Å². The molecule has 0 saturated heterocycles. The SMILES string of the molecule is CCOC(=O)C(C)C1C[C@@]2(C)CC(c3ccnc4ccc(F)cc34)=C[C@@]2(C)C1. The minimum Gasteiger partial charge on any atom is -0.466 e. The number of allylic oxidation sites excluding steroid dienone is 2. The quantitative estimate of drug-likeness (QED) is 0.630. The van der Waals surface area contributed by atoms with E-state index in [1.54, 1.807) is 18.3 Å². The van der Waals surface area contributed by atoms with Gasteiger partial charge in [0.2, 0.25) is 0 Å². The lowest BCUT2D eigenvalue weighted by Crippen LogP contribution is -2.25. The van der Waals surface area contributed by atoms with Gasteiger partial charge in [-0.2, -0.15) is 0 Å². The van der Waals surface area contributed by atoms with Crippen LogP contribution in [0.5, 0.6) is 0 Å². The highest BCUT2D eigenvalue weighted by molar-refractivity contribution is 5.92. The second kappa shape index (κ2) is 6.68. The molecule has 1 fully saturated rings. The highest BCUT2D eigenvalue weighted by atomic mass is 19.1. The predicted molar refractivity (Wildman–Crippen MR) is 109 cm³/mol. The van der Waals surface area contributed by atoms with E-state index in [4.69, 9.17) is 4.74 Å². The number of aromatic nitrogens is 1. The molecular weight excluding hydrogens is 353 g/mol. The molecule has 4 atom stereocenters. The van der Waals surface area contributed by atoms with E-state index in [-0.39, 0.29) is 28.5 Å². The number of pyridine rings is 1. The molecule has 1 aromatic heterocycles. The molecule has 0 bridgehead atoms. The van der Waals surface area contributed by atoms with E-state index in [0.717, 1.165) is 35.7 Å². The average molecular weight is 381 g/mol. The number of carbonyl (C=O) groups excluding carboxylic acids is 1. The third-order valence-electron chi connectivity index (χ3n) is 7.27. The average Bonchev–Trinajstić information content (AvgIpc) is 3.05. The summed E-state index contributed by atoms with van der Waals surface area (Å²) < 4.78 is 19.1. The Hall–Kier alpha value is -2.23. The van der Waals surface area contributed by atoms with Gasteiger partial charge in [0.1, 0.15) is 5.82 Å². The molecule has 2 unspecified atom stereocenters. The Morgan fingerprint density at radius 3 is 2.82 bits per heavy atom. The molecule has 0 radical (unpaired) electrons. The van der Waals surface area contributed by atoms with E-state index in [2.05, 4.69) is 24.9 Å². The molecule has 2 aliphatic rings. The summed E-state index contributed by atoms with van der Waals surface area (Å²) in [4.78, 5) is 16.6. The number of esters is 1. The fraction of sp³-hybridized carbons (Fsp3) is 0.500. The summed E-state index contributed by atoms with van der Waals surface area (Å²) in [5.41, 5.74) is 3.29. The molecule has 4 rings (SSSR count). The Bertz CT molecular complexity index is 968. The van der Waals surface area contributed by atoms with Crippen LogP contribution >= 0.6 is 0 Å². The maximum atomic E-state index is 13.9. The highest BCUT2D eigenvalue weighted by Gasteiger charge is 2.56. The van der Waals surface area contributed by atoms with Gasteiger partial charge in [0.15, 0.2) is 0 Å². The van der Waals surface area contributed by atoms with E-state index in [9.17, 15) is 9.18 Å². The lowest BCUT2D eigenvalue weighted by Gasteiger charge is -2.33. The van der Waals surface area contributed by atoms with Gasteiger partial charge in [0.25, 0.3) is 0 Å². The second-order valence-corrected chi connectivity index (χ2v) is 9.05. The Morgan fingerprint density at radius 2 is 2.11 bits per heavy atom. The fourth-order valence-corrected chi connectivity index (χ4v) is 5.43. The molecule has 3 nitrogen and oxygen atoms in total. The monoisotopic (exact) mass is 381 g/mol. The van der Waals surface area contributed by atoms with Crippen molar-refractivity contribution < 1.29 is 13.9 Å². The number of rotatable bonds is 4. The maximum absolute atomic E-state index is 13.9. The van der Waals surface area contributed by atoms with Crippen LogP contribution in [0.1, 0.15) is 52.5 Å². The summed E-state index contributed by atoms with van der Waals surface area (Å²) >= 11 is 0. The number of ether oxygens (including phenoxy) is 1. The number of fused-ring (bicyclic) bond motifs is 2. The number of carbonyl (C=O) groups is 1. The van der Waals surface area contributed by atoms with E-state index in [0.29, 0.717) is 12.5 Å². The zero-order chi connectivity index (χ0) is 20.1. The largest absolute Gasteiger partial charge is 0.466 e. The maximum Gasteiger partial charge on any atom is 0.308 e. The van der Waals surface area contributed by atoms with Crippen LogP contribution in [0.3, 0.4) is 0 Å². The third kappa shape index (κ3) is 2.94. The van der Waals surface area contributed by atoms with Crippen LogP contribution in [0.4, 0.5) is 4.39 Å². The van der Waals surface area contributed by atoms with Gasteiger partial charge >= 0.3 is 5.97 Å². The van der Waals surface area contributed by atoms with Crippen molar-refractivity contribution in [2.24, 2.45) is 22.7 Å². The van der Waals surface area contributed by atoms with Gasteiger partial charge in [-0.25, -0.2) is 4.39 Å². The molecule has 2 aromatic rings. The first-order chi connectivity index (χ1) is 13.3. The van der Waals surface area contributed by atoms with Gasteiger partial charge in [0.05, 0.1) is 18.0 Å². The summed E-state index contributed by atoms with van der Waals surface area (Å²) in [5.74, 6) is -0.0638. The van der Waals surface area contributed by atoms with Crippen molar-refractivity contribution in [3.63, 3.8) is 0 Å². The molecule has 0 spiro atoms. The van der Waals surface area contributed by atoms with E-state index in [1.165, 1.54) is 11.6 Å². The number of nitrogens with zero attached hydrogens (tertiary/aromatic N) is 1. The molecule has 148 valence electrons. The van der Waals surface area contributed by atoms with Crippen LogP contribution in [0.15, 0.2) is 36.5 Å². The summed E-state index contributed by atoms with van der Waals surface area (Å²) in [7, 11) is 0. The van der Waals surface area contributed by atoms with Gasteiger partial charge in [-0.15, -0.1) is 0 Å².